The predicted octanol–water partition coefficient (Wildman–Crippen LogP) is -6.15. The van der Waals surface area contributed by atoms with Crippen molar-refractivity contribution in [3.05, 3.63) is 0 Å². The molecule has 3 unspecified atom stereocenters. The van der Waals surface area contributed by atoms with Gasteiger partial charge in [-0.2, -0.15) is 8.62 Å². The van der Waals surface area contributed by atoms with Gasteiger partial charge in [0.05, 0.1) is 0 Å². The van der Waals surface area contributed by atoms with E-state index in [1.807, 2.05) is 0 Å². The molecule has 0 aliphatic heterocycles. The molecule has 0 heterocycles. The number of phosphoric acid groups is 4. The van der Waals surface area contributed by atoms with Gasteiger partial charge in [0.25, 0.3) is 7.82 Å². The Morgan fingerprint density at radius 2 is 0.952 bits per heavy atom. The topological polar surface area (TPSA) is 220 Å². The molecule has 5 N–H and O–H groups in total. The van der Waals surface area contributed by atoms with Crippen LogP contribution < -0.4 is 56.3 Å². The van der Waals surface area contributed by atoms with Gasteiger partial charge in [-0.3, -0.25) is 4.57 Å². The van der Waals surface area contributed by atoms with Crippen LogP contribution in [0.5, 0.6) is 0 Å². The first kappa shape index (κ1) is 36.0. The van der Waals surface area contributed by atoms with Gasteiger partial charge in [-0.1, -0.05) is 0 Å². The molecule has 0 bridgehead atoms. The standard InChI is InChI=1S/K.3Li.H6O13P4.3H/c;;;;1-14(2,3)11-16(7,8)13-17(9,10)12-15(4,5)6;;;/h;;;;(H,7,8)(H,9,10)(H2,1,2,3)(H2,4,5,6);;;/q+1;;;;;;;/p-1. The van der Waals surface area contributed by atoms with Crippen LogP contribution in [0.1, 0.15) is 0 Å². The zero-order chi connectivity index (χ0) is 14.1. The third-order valence-corrected chi connectivity index (χ3v) is 5.60. The second-order valence-electron chi connectivity index (χ2n) is 2.14. The SMILES string of the molecule is O=P([O-])(O)OP(=O)(O)OP(=O)(O)OP(=O)(O)O.[K+].[LiH].[LiH].[LiH]. The molecule has 21 heavy (non-hydrogen) atoms. The Morgan fingerprint density at radius 1 is 0.667 bits per heavy atom. The number of hydrogen-bond acceptors (Lipinski definition) is 8. The van der Waals surface area contributed by atoms with Gasteiger partial charge in [0.1, 0.15) is 0 Å². The molecule has 0 amide bonds. The first-order chi connectivity index (χ1) is 7.12. The first-order valence-corrected chi connectivity index (χ1v) is 9.02. The predicted molar refractivity (Wildman–Crippen MR) is 66.2 cm³/mol. The zero-order valence-electron chi connectivity index (χ0n) is 8.29. The van der Waals surface area contributed by atoms with Crippen molar-refractivity contribution >= 4 is 87.9 Å². The van der Waals surface area contributed by atoms with Crippen LogP contribution in [0.15, 0.2) is 0 Å². The molecule has 0 spiro atoms. The zero-order valence-corrected chi connectivity index (χ0v) is 15.0. The van der Waals surface area contributed by atoms with E-state index in [1.54, 1.807) is 0 Å². The molecule has 3 atom stereocenters. The second-order valence-corrected chi connectivity index (χ2v) is 7.89. The van der Waals surface area contributed by atoms with Gasteiger partial charge in [0, 0.05) is 0 Å². The van der Waals surface area contributed by atoms with E-state index in [9.17, 15) is 23.2 Å². The van der Waals surface area contributed by atoms with Crippen LogP contribution in [0.4, 0.5) is 0 Å². The summed E-state index contributed by atoms with van der Waals surface area (Å²) in [5, 5.41) is 0. The van der Waals surface area contributed by atoms with Gasteiger partial charge in [0.15, 0.2) is 0 Å². The molecule has 110 valence electrons. The van der Waals surface area contributed by atoms with Crippen LogP contribution in [-0.4, -0.2) is 81.0 Å². The van der Waals surface area contributed by atoms with E-state index in [2.05, 4.69) is 12.9 Å². The minimum atomic E-state index is -5.83. The molecule has 0 fully saturated rings. The van der Waals surface area contributed by atoms with Crippen molar-refractivity contribution in [2.24, 2.45) is 0 Å². The van der Waals surface area contributed by atoms with Gasteiger partial charge in [-0.05, 0) is 0 Å². The molecule has 0 radical (unpaired) electrons. The Hall–Kier alpha value is 3.99. The van der Waals surface area contributed by atoms with Gasteiger partial charge in [-0.15, -0.1) is 0 Å². The van der Waals surface area contributed by atoms with Crippen LogP contribution in [0.3, 0.4) is 0 Å². The normalized spacial score (nSPS) is 19.0. The summed E-state index contributed by atoms with van der Waals surface area (Å²) >= 11 is 0. The van der Waals surface area contributed by atoms with Crippen molar-refractivity contribution in [2.75, 3.05) is 0 Å². The fourth-order valence-electron chi connectivity index (χ4n) is 0.425. The monoisotopic (exact) mass is 400 g/mol. The summed E-state index contributed by atoms with van der Waals surface area (Å²) in [6.07, 6.45) is 0. The molecular weight excluding hydrogens is 392 g/mol. The fraction of sp³-hybridized carbons (Fsp3) is 0. The second kappa shape index (κ2) is 13.2. The Labute approximate surface area is 196 Å². The number of rotatable bonds is 6. The van der Waals surface area contributed by atoms with Crippen LogP contribution in [-0.2, 0) is 31.2 Å². The van der Waals surface area contributed by atoms with Gasteiger partial charge < -0.3 is 29.4 Å². The Balaban J connectivity index is -0.000000213. The van der Waals surface area contributed by atoms with Crippen molar-refractivity contribution in [3.8, 4) is 0 Å². The van der Waals surface area contributed by atoms with Gasteiger partial charge in [0.2, 0.25) is 0 Å². The van der Waals surface area contributed by atoms with E-state index in [0.29, 0.717) is 0 Å². The van der Waals surface area contributed by atoms with Gasteiger partial charge in [-0.25, -0.2) is 18.0 Å². The summed E-state index contributed by atoms with van der Waals surface area (Å²) in [4.78, 5) is 51.2. The average molecular weight is 400 g/mol. The Kier molecular flexibility index (Phi) is 22.6. The minimum absolute atomic E-state index is 0. The Morgan fingerprint density at radius 3 is 1.19 bits per heavy atom. The van der Waals surface area contributed by atoms with Crippen molar-refractivity contribution < 1.29 is 112 Å². The van der Waals surface area contributed by atoms with Crippen LogP contribution >= 0.6 is 31.3 Å². The summed E-state index contributed by atoms with van der Waals surface area (Å²) in [6.45, 7) is 0. The summed E-state index contributed by atoms with van der Waals surface area (Å²) < 4.78 is 50.5. The molecule has 0 saturated heterocycles. The molecule has 13 nitrogen and oxygen atoms in total. The molecular formula is H8KLi3O13P4. The van der Waals surface area contributed by atoms with E-state index in [0.717, 1.165) is 0 Å². The molecule has 0 aromatic carbocycles. The molecule has 0 aromatic rings. The van der Waals surface area contributed by atoms with E-state index in [4.69, 9.17) is 24.5 Å². The molecule has 0 aliphatic carbocycles. The van der Waals surface area contributed by atoms with Crippen molar-refractivity contribution in [1.29, 1.82) is 0 Å². The molecule has 0 aromatic heterocycles. The van der Waals surface area contributed by atoms with Crippen LogP contribution in [0.2, 0.25) is 0 Å². The van der Waals surface area contributed by atoms with E-state index in [1.165, 1.54) is 0 Å². The summed E-state index contributed by atoms with van der Waals surface area (Å²) in [5.41, 5.74) is 0. The maximum atomic E-state index is 10.7. The fourth-order valence-corrected chi connectivity index (χ4v) is 4.36. The summed E-state index contributed by atoms with van der Waals surface area (Å²) in [5.74, 6) is 0. The summed E-state index contributed by atoms with van der Waals surface area (Å²) in [7, 11) is -23.0. The maximum absolute atomic E-state index is 10.7. The average Bonchev–Trinajstić information content (AvgIpc) is 1.65. The molecule has 0 rings (SSSR count). The number of hydrogen-bond donors (Lipinski definition) is 5. The molecule has 21 heteroatoms. The molecule has 0 aliphatic rings. The Bertz CT molecular complexity index is 420. The van der Waals surface area contributed by atoms with E-state index >= 15 is 0 Å². The quantitative estimate of drug-likeness (QED) is 0.207. The van der Waals surface area contributed by atoms with Crippen molar-refractivity contribution in [1.82, 2.24) is 0 Å². The van der Waals surface area contributed by atoms with E-state index in [-0.39, 0.29) is 108 Å². The third-order valence-electron chi connectivity index (χ3n) is 0.622. The van der Waals surface area contributed by atoms with Crippen molar-refractivity contribution in [2.45, 2.75) is 0 Å². The van der Waals surface area contributed by atoms with E-state index < -0.39 is 31.3 Å². The van der Waals surface area contributed by atoms with Crippen LogP contribution in [0, 0.1) is 0 Å². The summed E-state index contributed by atoms with van der Waals surface area (Å²) in [6, 6.07) is 0. The first-order valence-electron chi connectivity index (χ1n) is 3.01. The van der Waals surface area contributed by atoms with Gasteiger partial charge >= 0.3 is 131 Å². The van der Waals surface area contributed by atoms with Crippen LogP contribution in [0.25, 0.3) is 0 Å². The third kappa shape index (κ3) is 24.0. The van der Waals surface area contributed by atoms with Crippen molar-refractivity contribution in [3.63, 3.8) is 0 Å². The molecule has 0 saturated carbocycles.